The van der Waals surface area contributed by atoms with E-state index in [1.54, 1.807) is 0 Å². The van der Waals surface area contributed by atoms with Crippen LogP contribution in [0.15, 0.2) is 0 Å². The van der Waals surface area contributed by atoms with E-state index in [9.17, 15) is 9.59 Å². The van der Waals surface area contributed by atoms with Gasteiger partial charge in [0.05, 0.1) is 12.6 Å². The zero-order valence-electron chi connectivity index (χ0n) is 8.04. The van der Waals surface area contributed by atoms with Crippen LogP contribution < -0.4 is 11.1 Å². The molecular weight excluding hydrogens is 182 g/mol. The molecular formula is C9H13N3O2. The summed E-state index contributed by atoms with van der Waals surface area (Å²) >= 11 is 0. The summed E-state index contributed by atoms with van der Waals surface area (Å²) in [4.78, 5) is 21.9. The average molecular weight is 195 g/mol. The molecule has 1 saturated carbocycles. The van der Waals surface area contributed by atoms with Crippen molar-refractivity contribution in [2.75, 3.05) is 6.54 Å². The lowest BCUT2D eigenvalue weighted by Gasteiger charge is -2.39. The lowest BCUT2D eigenvalue weighted by molar-refractivity contribution is -0.135. The molecule has 0 aliphatic heterocycles. The maximum atomic E-state index is 11.5. The molecule has 0 spiro atoms. The minimum atomic E-state index is -0.922. The second-order valence-electron chi connectivity index (χ2n) is 3.86. The van der Waals surface area contributed by atoms with Gasteiger partial charge in [0, 0.05) is 0 Å². The first kappa shape index (κ1) is 10.5. The number of nitrogens with zero attached hydrogens (tertiary/aromatic N) is 1. The summed E-state index contributed by atoms with van der Waals surface area (Å²) in [6.45, 7) is 1.79. The SMILES string of the molecule is CC1CC(C#N)(C(=O)NCC(N)=O)C1. The van der Waals surface area contributed by atoms with E-state index >= 15 is 0 Å². The molecule has 5 heteroatoms. The highest BCUT2D eigenvalue weighted by Crippen LogP contribution is 2.44. The highest BCUT2D eigenvalue weighted by atomic mass is 16.2. The van der Waals surface area contributed by atoms with E-state index in [0.717, 1.165) is 0 Å². The molecule has 0 heterocycles. The predicted molar refractivity (Wildman–Crippen MR) is 48.6 cm³/mol. The van der Waals surface area contributed by atoms with E-state index in [4.69, 9.17) is 11.0 Å². The molecule has 5 nitrogen and oxygen atoms in total. The highest BCUT2D eigenvalue weighted by Gasteiger charge is 2.48. The predicted octanol–water partition coefficient (Wildman–Crippen LogP) is -0.472. The first-order valence-electron chi connectivity index (χ1n) is 4.48. The van der Waals surface area contributed by atoms with Crippen molar-refractivity contribution in [2.24, 2.45) is 17.1 Å². The number of rotatable bonds is 3. The summed E-state index contributed by atoms with van der Waals surface area (Å²) in [5, 5.41) is 11.2. The second kappa shape index (κ2) is 3.66. The van der Waals surface area contributed by atoms with Crippen molar-refractivity contribution in [1.82, 2.24) is 5.32 Å². The van der Waals surface area contributed by atoms with Gasteiger partial charge in [0.25, 0.3) is 0 Å². The third-order valence-electron chi connectivity index (χ3n) is 2.47. The Morgan fingerprint density at radius 2 is 2.21 bits per heavy atom. The monoisotopic (exact) mass is 195 g/mol. The first-order chi connectivity index (χ1) is 6.50. The standard InChI is InChI=1S/C9H13N3O2/c1-6-2-9(3-6,5-10)8(14)12-4-7(11)13/h6H,2-4H2,1H3,(H2,11,13)(H,12,14). The zero-order chi connectivity index (χ0) is 10.8. The van der Waals surface area contributed by atoms with Crippen molar-refractivity contribution in [3.63, 3.8) is 0 Å². The number of carbonyl (C=O) groups is 2. The van der Waals surface area contributed by atoms with Crippen LogP contribution >= 0.6 is 0 Å². The van der Waals surface area contributed by atoms with E-state index in [2.05, 4.69) is 5.32 Å². The maximum absolute atomic E-state index is 11.5. The Hall–Kier alpha value is -1.57. The quantitative estimate of drug-likeness (QED) is 0.637. The number of primary amides is 1. The van der Waals surface area contributed by atoms with Crippen LogP contribution in [0.5, 0.6) is 0 Å². The van der Waals surface area contributed by atoms with E-state index in [1.807, 2.05) is 13.0 Å². The van der Waals surface area contributed by atoms with Gasteiger partial charge in [-0.2, -0.15) is 5.26 Å². The lowest BCUT2D eigenvalue weighted by Crippen LogP contribution is -2.49. The highest BCUT2D eigenvalue weighted by molar-refractivity contribution is 5.89. The van der Waals surface area contributed by atoms with Gasteiger partial charge < -0.3 is 11.1 Å². The summed E-state index contributed by atoms with van der Waals surface area (Å²) in [5.41, 5.74) is 3.95. The fraction of sp³-hybridized carbons (Fsp3) is 0.667. The normalized spacial score (nSPS) is 29.9. The molecule has 1 fully saturated rings. The summed E-state index contributed by atoms with van der Waals surface area (Å²) < 4.78 is 0. The molecule has 1 aliphatic rings. The Morgan fingerprint density at radius 1 is 1.64 bits per heavy atom. The zero-order valence-corrected chi connectivity index (χ0v) is 8.04. The van der Waals surface area contributed by atoms with Gasteiger partial charge in [-0.3, -0.25) is 9.59 Å². The number of nitrogens with one attached hydrogen (secondary N) is 1. The number of nitriles is 1. The molecule has 3 N–H and O–H groups in total. The average Bonchev–Trinajstić information content (AvgIpc) is 2.08. The van der Waals surface area contributed by atoms with Crippen LogP contribution in [-0.2, 0) is 9.59 Å². The molecule has 0 atom stereocenters. The third-order valence-corrected chi connectivity index (χ3v) is 2.47. The summed E-state index contributed by atoms with van der Waals surface area (Å²) in [6.07, 6.45) is 1.13. The molecule has 0 aromatic heterocycles. The van der Waals surface area contributed by atoms with Crippen molar-refractivity contribution < 1.29 is 9.59 Å². The van der Waals surface area contributed by atoms with Crippen molar-refractivity contribution in [3.05, 3.63) is 0 Å². The fourth-order valence-electron chi connectivity index (χ4n) is 1.79. The molecule has 0 saturated heterocycles. The molecule has 0 aromatic carbocycles. The molecule has 0 radical (unpaired) electrons. The molecule has 76 valence electrons. The van der Waals surface area contributed by atoms with Gasteiger partial charge >= 0.3 is 0 Å². The van der Waals surface area contributed by atoms with Crippen LogP contribution in [0, 0.1) is 22.7 Å². The lowest BCUT2D eigenvalue weighted by atomic mass is 9.63. The molecule has 1 rings (SSSR count). The molecule has 0 unspecified atom stereocenters. The van der Waals surface area contributed by atoms with Gasteiger partial charge in [-0.15, -0.1) is 0 Å². The summed E-state index contributed by atoms with van der Waals surface area (Å²) in [6, 6.07) is 2.00. The molecule has 2 amide bonds. The van der Waals surface area contributed by atoms with Crippen molar-refractivity contribution in [1.29, 1.82) is 5.26 Å². The third kappa shape index (κ3) is 1.84. The molecule has 0 bridgehead atoms. The topological polar surface area (TPSA) is 96.0 Å². The van der Waals surface area contributed by atoms with E-state index in [-0.39, 0.29) is 12.5 Å². The van der Waals surface area contributed by atoms with Gasteiger partial charge in [0.2, 0.25) is 11.8 Å². The maximum Gasteiger partial charge on any atom is 0.240 e. The van der Waals surface area contributed by atoms with E-state index in [0.29, 0.717) is 18.8 Å². The van der Waals surface area contributed by atoms with E-state index in [1.165, 1.54) is 0 Å². The number of hydrogen-bond acceptors (Lipinski definition) is 3. The Morgan fingerprint density at radius 3 is 2.57 bits per heavy atom. The minimum Gasteiger partial charge on any atom is -0.368 e. The summed E-state index contributed by atoms with van der Waals surface area (Å²) in [5.74, 6) is -0.579. The van der Waals surface area contributed by atoms with Gasteiger partial charge in [-0.25, -0.2) is 0 Å². The van der Waals surface area contributed by atoms with Crippen molar-refractivity contribution in [3.8, 4) is 6.07 Å². The fourth-order valence-corrected chi connectivity index (χ4v) is 1.79. The van der Waals surface area contributed by atoms with Crippen LogP contribution in [-0.4, -0.2) is 18.4 Å². The Kier molecular flexibility index (Phi) is 2.75. The van der Waals surface area contributed by atoms with Crippen molar-refractivity contribution in [2.45, 2.75) is 19.8 Å². The van der Waals surface area contributed by atoms with E-state index < -0.39 is 11.3 Å². The van der Waals surface area contributed by atoms with Crippen LogP contribution in [0.1, 0.15) is 19.8 Å². The Balaban J connectivity index is 2.51. The molecule has 14 heavy (non-hydrogen) atoms. The number of amides is 2. The minimum absolute atomic E-state index is 0.198. The number of hydrogen-bond donors (Lipinski definition) is 2. The second-order valence-corrected chi connectivity index (χ2v) is 3.86. The van der Waals surface area contributed by atoms with Crippen LogP contribution in [0.3, 0.4) is 0 Å². The largest absolute Gasteiger partial charge is 0.368 e. The molecule has 0 aromatic rings. The first-order valence-corrected chi connectivity index (χ1v) is 4.48. The van der Waals surface area contributed by atoms with Crippen LogP contribution in [0.4, 0.5) is 0 Å². The van der Waals surface area contributed by atoms with Crippen LogP contribution in [0.25, 0.3) is 0 Å². The summed E-state index contributed by atoms with van der Waals surface area (Å²) in [7, 11) is 0. The van der Waals surface area contributed by atoms with Crippen molar-refractivity contribution >= 4 is 11.8 Å². The van der Waals surface area contributed by atoms with Crippen LogP contribution in [0.2, 0.25) is 0 Å². The number of carbonyl (C=O) groups excluding carboxylic acids is 2. The van der Waals surface area contributed by atoms with Gasteiger partial charge in [-0.1, -0.05) is 6.92 Å². The van der Waals surface area contributed by atoms with Gasteiger partial charge in [0.15, 0.2) is 0 Å². The molecule has 1 aliphatic carbocycles. The number of nitrogens with two attached hydrogens (primary N) is 1. The van der Waals surface area contributed by atoms with Gasteiger partial charge in [0.1, 0.15) is 5.41 Å². The smallest absolute Gasteiger partial charge is 0.240 e. The van der Waals surface area contributed by atoms with Gasteiger partial charge in [-0.05, 0) is 18.8 Å². The Labute approximate surface area is 82.3 Å². The Bertz CT molecular complexity index is 300.